The van der Waals surface area contributed by atoms with Crippen molar-refractivity contribution in [2.75, 3.05) is 6.54 Å². The van der Waals surface area contributed by atoms with Crippen molar-refractivity contribution in [3.63, 3.8) is 0 Å². The molecule has 0 spiro atoms. The normalized spacial score (nSPS) is 18.9. The van der Waals surface area contributed by atoms with Crippen molar-refractivity contribution in [3.05, 3.63) is 34.9 Å². The van der Waals surface area contributed by atoms with Gasteiger partial charge in [0.15, 0.2) is 0 Å². The SMILES string of the molecule is Cl.NC1=NCCCCC1c1cc(C(=O)O)cc(C(F)(F)F)c1. The number of aromatic carboxylic acids is 1. The Kier molecular flexibility index (Phi) is 5.82. The highest BCUT2D eigenvalue weighted by Crippen LogP contribution is 2.34. The third kappa shape index (κ3) is 4.13. The lowest BCUT2D eigenvalue weighted by Crippen LogP contribution is -2.22. The van der Waals surface area contributed by atoms with Crippen molar-refractivity contribution >= 4 is 24.2 Å². The Morgan fingerprint density at radius 3 is 2.55 bits per heavy atom. The molecule has 1 atom stereocenters. The van der Waals surface area contributed by atoms with Crippen LogP contribution < -0.4 is 5.73 Å². The zero-order valence-electron chi connectivity index (χ0n) is 11.6. The van der Waals surface area contributed by atoms with Crippen LogP contribution in [0.1, 0.15) is 46.7 Å². The van der Waals surface area contributed by atoms with Gasteiger partial charge in [-0.1, -0.05) is 6.42 Å². The van der Waals surface area contributed by atoms with Crippen LogP contribution in [0.5, 0.6) is 0 Å². The number of halogens is 4. The molecule has 22 heavy (non-hydrogen) atoms. The fourth-order valence-electron chi connectivity index (χ4n) is 2.40. The Hall–Kier alpha value is -1.76. The topological polar surface area (TPSA) is 75.7 Å². The van der Waals surface area contributed by atoms with Gasteiger partial charge in [-0.25, -0.2) is 4.79 Å². The summed E-state index contributed by atoms with van der Waals surface area (Å²) in [4.78, 5) is 15.1. The number of carbonyl (C=O) groups is 1. The Labute approximate surface area is 131 Å². The standard InChI is InChI=1S/C14H15F3N2O2.ClH/c15-14(16,17)10-6-8(5-9(7-10)13(20)21)11-3-1-2-4-19-12(11)18;/h5-7,11H,1-4H2,(H2,18,19)(H,20,21);1H. The van der Waals surface area contributed by atoms with E-state index in [0.29, 0.717) is 19.0 Å². The first-order chi connectivity index (χ1) is 9.79. The summed E-state index contributed by atoms with van der Waals surface area (Å²) in [5, 5.41) is 8.99. The number of alkyl halides is 3. The second kappa shape index (κ2) is 7.00. The molecule has 1 aliphatic rings. The smallest absolute Gasteiger partial charge is 0.416 e. The van der Waals surface area contributed by atoms with E-state index in [4.69, 9.17) is 10.8 Å². The molecule has 4 nitrogen and oxygen atoms in total. The highest BCUT2D eigenvalue weighted by atomic mass is 35.5. The lowest BCUT2D eigenvalue weighted by atomic mass is 9.90. The van der Waals surface area contributed by atoms with E-state index < -0.39 is 29.2 Å². The van der Waals surface area contributed by atoms with Gasteiger partial charge in [-0.05, 0) is 36.6 Å². The van der Waals surface area contributed by atoms with E-state index in [0.717, 1.165) is 18.9 Å². The molecule has 1 aliphatic heterocycles. The van der Waals surface area contributed by atoms with Crippen molar-refractivity contribution in [2.45, 2.75) is 31.4 Å². The molecule has 1 aromatic carbocycles. The van der Waals surface area contributed by atoms with Gasteiger partial charge in [0.05, 0.1) is 11.1 Å². The van der Waals surface area contributed by atoms with Crippen LogP contribution in [0.25, 0.3) is 0 Å². The zero-order chi connectivity index (χ0) is 15.6. The summed E-state index contributed by atoms with van der Waals surface area (Å²) in [6.07, 6.45) is -2.43. The zero-order valence-corrected chi connectivity index (χ0v) is 12.4. The number of amidine groups is 1. The van der Waals surface area contributed by atoms with E-state index in [9.17, 15) is 18.0 Å². The van der Waals surface area contributed by atoms with Crippen molar-refractivity contribution in [1.29, 1.82) is 0 Å². The van der Waals surface area contributed by atoms with Crippen molar-refractivity contribution in [3.8, 4) is 0 Å². The molecule has 2 rings (SSSR count). The summed E-state index contributed by atoms with van der Waals surface area (Å²) in [6, 6.07) is 2.84. The number of rotatable bonds is 2. The fourth-order valence-corrected chi connectivity index (χ4v) is 2.40. The minimum absolute atomic E-state index is 0. The first-order valence-corrected chi connectivity index (χ1v) is 6.54. The molecule has 0 fully saturated rings. The Morgan fingerprint density at radius 2 is 1.95 bits per heavy atom. The molecule has 0 bridgehead atoms. The summed E-state index contributed by atoms with van der Waals surface area (Å²) in [5.74, 6) is -1.59. The molecule has 0 radical (unpaired) electrons. The number of nitrogens with zero attached hydrogens (tertiary/aromatic N) is 1. The summed E-state index contributed by atoms with van der Waals surface area (Å²) in [6.45, 7) is 0.549. The molecule has 122 valence electrons. The maximum absolute atomic E-state index is 12.9. The summed E-state index contributed by atoms with van der Waals surface area (Å²) in [5.41, 5.74) is 4.70. The molecule has 0 saturated heterocycles. The Bertz CT molecular complexity index is 588. The Morgan fingerprint density at radius 1 is 1.27 bits per heavy atom. The molecule has 0 saturated carbocycles. The molecular weight excluding hydrogens is 321 g/mol. The summed E-state index contributed by atoms with van der Waals surface area (Å²) < 4.78 is 38.7. The minimum Gasteiger partial charge on any atom is -0.478 e. The summed E-state index contributed by atoms with van der Waals surface area (Å²) in [7, 11) is 0. The van der Waals surface area contributed by atoms with Crippen molar-refractivity contribution < 1.29 is 23.1 Å². The third-order valence-corrected chi connectivity index (χ3v) is 3.48. The van der Waals surface area contributed by atoms with Crippen LogP contribution in [-0.4, -0.2) is 23.5 Å². The highest BCUT2D eigenvalue weighted by molar-refractivity contribution is 5.91. The second-order valence-corrected chi connectivity index (χ2v) is 5.00. The Balaban J connectivity index is 0.00000242. The number of benzene rings is 1. The number of hydrogen-bond acceptors (Lipinski definition) is 3. The number of hydrogen-bond donors (Lipinski definition) is 2. The van der Waals surface area contributed by atoms with Crippen molar-refractivity contribution in [2.24, 2.45) is 10.7 Å². The van der Waals surface area contributed by atoms with Crippen LogP contribution in [0.15, 0.2) is 23.2 Å². The molecule has 0 aromatic heterocycles. The molecule has 3 N–H and O–H groups in total. The number of aliphatic imine (C=N–C) groups is 1. The van der Waals surface area contributed by atoms with Crippen LogP contribution in [0.3, 0.4) is 0 Å². The number of carboxylic acids is 1. The fraction of sp³-hybridized carbons (Fsp3) is 0.429. The monoisotopic (exact) mass is 336 g/mol. The van der Waals surface area contributed by atoms with Crippen LogP contribution in [-0.2, 0) is 6.18 Å². The minimum atomic E-state index is -4.60. The van der Waals surface area contributed by atoms with Gasteiger partial charge >= 0.3 is 12.1 Å². The summed E-state index contributed by atoms with van der Waals surface area (Å²) >= 11 is 0. The van der Waals surface area contributed by atoms with E-state index in [1.54, 1.807) is 0 Å². The number of carboxylic acid groups (broad SMARTS) is 1. The maximum Gasteiger partial charge on any atom is 0.416 e. The molecule has 0 aliphatic carbocycles. The molecule has 0 amide bonds. The van der Waals surface area contributed by atoms with Gasteiger partial charge in [0, 0.05) is 12.5 Å². The maximum atomic E-state index is 12.9. The predicted molar refractivity (Wildman–Crippen MR) is 78.7 cm³/mol. The van der Waals surface area contributed by atoms with Gasteiger partial charge in [-0.3, -0.25) is 4.99 Å². The first kappa shape index (κ1) is 18.3. The lowest BCUT2D eigenvalue weighted by molar-refractivity contribution is -0.137. The third-order valence-electron chi connectivity index (χ3n) is 3.48. The first-order valence-electron chi connectivity index (χ1n) is 6.54. The average Bonchev–Trinajstić information content (AvgIpc) is 2.62. The quantitative estimate of drug-likeness (QED) is 0.868. The molecule has 1 heterocycles. The molecule has 1 unspecified atom stereocenters. The van der Waals surface area contributed by atoms with E-state index >= 15 is 0 Å². The van der Waals surface area contributed by atoms with Crippen LogP contribution in [0.2, 0.25) is 0 Å². The van der Waals surface area contributed by atoms with Gasteiger partial charge in [0.25, 0.3) is 0 Å². The van der Waals surface area contributed by atoms with Crippen LogP contribution >= 0.6 is 12.4 Å². The van der Waals surface area contributed by atoms with Gasteiger partial charge < -0.3 is 10.8 Å². The van der Waals surface area contributed by atoms with E-state index in [1.807, 2.05) is 0 Å². The van der Waals surface area contributed by atoms with E-state index in [-0.39, 0.29) is 23.8 Å². The lowest BCUT2D eigenvalue weighted by Gasteiger charge is -2.18. The van der Waals surface area contributed by atoms with Gasteiger partial charge in [0.2, 0.25) is 0 Å². The van der Waals surface area contributed by atoms with E-state index in [1.165, 1.54) is 6.07 Å². The highest BCUT2D eigenvalue weighted by Gasteiger charge is 2.33. The predicted octanol–water partition coefficient (Wildman–Crippen LogP) is 3.45. The van der Waals surface area contributed by atoms with Gasteiger partial charge in [-0.2, -0.15) is 13.2 Å². The van der Waals surface area contributed by atoms with Gasteiger partial charge in [-0.15, -0.1) is 12.4 Å². The molecule has 8 heteroatoms. The molecular formula is C14H16ClF3N2O2. The van der Waals surface area contributed by atoms with Crippen LogP contribution in [0.4, 0.5) is 13.2 Å². The van der Waals surface area contributed by atoms with Gasteiger partial charge in [0.1, 0.15) is 5.84 Å². The number of nitrogens with two attached hydrogens (primary N) is 1. The average molecular weight is 337 g/mol. The molecule has 1 aromatic rings. The largest absolute Gasteiger partial charge is 0.478 e. The van der Waals surface area contributed by atoms with Crippen LogP contribution in [0, 0.1) is 0 Å². The van der Waals surface area contributed by atoms with E-state index in [2.05, 4.69) is 4.99 Å². The van der Waals surface area contributed by atoms with Crippen molar-refractivity contribution in [1.82, 2.24) is 0 Å². The second-order valence-electron chi connectivity index (χ2n) is 5.00.